The summed E-state index contributed by atoms with van der Waals surface area (Å²) in [6.45, 7) is 9.81. The molecule has 1 aromatic rings. The molecule has 2 N–H and O–H groups in total. The maximum atomic E-state index is 13.2. The summed E-state index contributed by atoms with van der Waals surface area (Å²) in [4.78, 5) is 44.1. The first-order valence-electron chi connectivity index (χ1n) is 11.9. The summed E-state index contributed by atoms with van der Waals surface area (Å²) in [5.41, 5.74) is 1.82. The van der Waals surface area contributed by atoms with Crippen molar-refractivity contribution in [2.75, 3.05) is 52.4 Å². The van der Waals surface area contributed by atoms with Gasteiger partial charge in [0, 0.05) is 56.5 Å². The molecule has 1 aromatic carbocycles. The molecule has 1 saturated heterocycles. The van der Waals surface area contributed by atoms with Gasteiger partial charge in [-0.15, -0.1) is 0 Å². The minimum atomic E-state index is -0.638. The Bertz CT molecular complexity index is 920. The summed E-state index contributed by atoms with van der Waals surface area (Å²) in [5.74, 6) is -0.449. The lowest BCUT2D eigenvalue weighted by Crippen LogP contribution is -2.51. The van der Waals surface area contributed by atoms with Crippen LogP contribution in [0, 0.1) is 0 Å². The molecule has 2 heterocycles. The van der Waals surface area contributed by atoms with Gasteiger partial charge in [-0.25, -0.2) is 14.4 Å². The number of ether oxygens (including phenoxy) is 1. The van der Waals surface area contributed by atoms with Crippen LogP contribution in [0.3, 0.4) is 0 Å². The Balaban J connectivity index is 1.95. The standard InChI is InChI=1S/C24H34ClN5O4/c1-4-26-23(32)29-13-7-12-28(14-15-29)16-19-20(22(31)34-6-3)21(27-24(33)30(19)5-2)17-8-10-18(25)11-9-17/h8-11,21H,4-7,12-16H2,1-3H3,(H,26,32)(H,27,33). The summed E-state index contributed by atoms with van der Waals surface area (Å²) in [6, 6.07) is 6.13. The van der Waals surface area contributed by atoms with Crippen LogP contribution in [0.5, 0.6) is 0 Å². The van der Waals surface area contributed by atoms with E-state index in [4.69, 9.17) is 16.3 Å². The fourth-order valence-electron chi connectivity index (χ4n) is 4.37. The normalized spacial score (nSPS) is 19.5. The van der Waals surface area contributed by atoms with Crippen LogP contribution in [0.1, 0.15) is 38.8 Å². The highest BCUT2D eigenvalue weighted by molar-refractivity contribution is 6.30. The van der Waals surface area contributed by atoms with Crippen LogP contribution in [0.4, 0.5) is 9.59 Å². The van der Waals surface area contributed by atoms with Gasteiger partial charge in [-0.2, -0.15) is 0 Å². The Labute approximate surface area is 206 Å². The van der Waals surface area contributed by atoms with Crippen molar-refractivity contribution in [3.05, 3.63) is 46.1 Å². The number of amides is 4. The number of hydrogen-bond donors (Lipinski definition) is 2. The van der Waals surface area contributed by atoms with Crippen LogP contribution in [-0.2, 0) is 9.53 Å². The highest BCUT2D eigenvalue weighted by Crippen LogP contribution is 2.32. The molecule has 0 bridgehead atoms. The molecular weight excluding hydrogens is 458 g/mol. The molecule has 3 rings (SSSR count). The molecular formula is C24H34ClN5O4. The van der Waals surface area contributed by atoms with Crippen molar-refractivity contribution in [2.45, 2.75) is 33.2 Å². The summed E-state index contributed by atoms with van der Waals surface area (Å²) in [5, 5.41) is 6.39. The first-order valence-corrected chi connectivity index (χ1v) is 12.3. The molecule has 10 heteroatoms. The second-order valence-electron chi connectivity index (χ2n) is 8.21. The van der Waals surface area contributed by atoms with E-state index in [0.29, 0.717) is 55.6 Å². The number of hydrogen-bond acceptors (Lipinski definition) is 5. The monoisotopic (exact) mass is 491 g/mol. The van der Waals surface area contributed by atoms with Crippen LogP contribution in [0.2, 0.25) is 5.02 Å². The SMILES string of the molecule is CCNC(=O)N1CCCN(CC2=C(C(=O)OCC)C(c3ccc(Cl)cc3)NC(=O)N2CC)CC1. The number of urea groups is 2. The van der Waals surface area contributed by atoms with E-state index in [0.717, 1.165) is 18.5 Å². The number of esters is 1. The molecule has 1 atom stereocenters. The molecule has 0 aromatic heterocycles. The maximum absolute atomic E-state index is 13.2. The Morgan fingerprint density at radius 2 is 1.85 bits per heavy atom. The summed E-state index contributed by atoms with van der Waals surface area (Å²) in [6.07, 6.45) is 0.804. The second-order valence-corrected chi connectivity index (χ2v) is 8.65. The lowest BCUT2D eigenvalue weighted by molar-refractivity contribution is -0.139. The Kier molecular flexibility index (Phi) is 9.18. The number of carbonyl (C=O) groups is 3. The largest absolute Gasteiger partial charge is 0.463 e. The van der Waals surface area contributed by atoms with Crippen molar-refractivity contribution >= 4 is 29.6 Å². The van der Waals surface area contributed by atoms with Crippen molar-refractivity contribution in [3.63, 3.8) is 0 Å². The molecule has 1 fully saturated rings. The Hall–Kier alpha value is -2.78. The fraction of sp³-hybridized carbons (Fsp3) is 0.542. The lowest BCUT2D eigenvalue weighted by Gasteiger charge is -2.38. The van der Waals surface area contributed by atoms with E-state index >= 15 is 0 Å². The minimum absolute atomic E-state index is 0.0641. The van der Waals surface area contributed by atoms with Gasteiger partial charge >= 0.3 is 18.0 Å². The van der Waals surface area contributed by atoms with Gasteiger partial charge in [-0.3, -0.25) is 9.80 Å². The summed E-state index contributed by atoms with van der Waals surface area (Å²) >= 11 is 6.06. The average Bonchev–Trinajstić information content (AvgIpc) is 3.05. The van der Waals surface area contributed by atoms with E-state index < -0.39 is 12.0 Å². The predicted molar refractivity (Wildman–Crippen MR) is 130 cm³/mol. The van der Waals surface area contributed by atoms with Gasteiger partial charge in [-0.05, 0) is 44.9 Å². The molecule has 34 heavy (non-hydrogen) atoms. The van der Waals surface area contributed by atoms with Crippen molar-refractivity contribution in [3.8, 4) is 0 Å². The quantitative estimate of drug-likeness (QED) is 0.572. The number of likely N-dealkylation sites (N-methyl/N-ethyl adjacent to an activating group) is 1. The molecule has 4 amide bonds. The maximum Gasteiger partial charge on any atom is 0.338 e. The molecule has 2 aliphatic rings. The molecule has 0 radical (unpaired) electrons. The van der Waals surface area contributed by atoms with Gasteiger partial charge in [0.05, 0.1) is 18.2 Å². The zero-order valence-electron chi connectivity index (χ0n) is 20.1. The van der Waals surface area contributed by atoms with E-state index in [-0.39, 0.29) is 18.7 Å². The lowest BCUT2D eigenvalue weighted by atomic mass is 9.94. The van der Waals surface area contributed by atoms with E-state index in [2.05, 4.69) is 15.5 Å². The molecule has 0 spiro atoms. The third kappa shape index (κ3) is 6.01. The molecule has 9 nitrogen and oxygen atoms in total. The number of nitrogens with zero attached hydrogens (tertiary/aromatic N) is 3. The van der Waals surface area contributed by atoms with Gasteiger partial charge < -0.3 is 20.3 Å². The van der Waals surface area contributed by atoms with Gasteiger partial charge in [-0.1, -0.05) is 23.7 Å². The van der Waals surface area contributed by atoms with Crippen LogP contribution in [-0.4, -0.2) is 85.2 Å². The number of carbonyl (C=O) groups excluding carboxylic acids is 3. The Morgan fingerprint density at radius 3 is 2.50 bits per heavy atom. The van der Waals surface area contributed by atoms with Crippen molar-refractivity contribution < 1.29 is 19.1 Å². The smallest absolute Gasteiger partial charge is 0.338 e. The molecule has 1 unspecified atom stereocenters. The van der Waals surface area contributed by atoms with Crippen LogP contribution in [0.25, 0.3) is 0 Å². The number of halogens is 1. The van der Waals surface area contributed by atoms with Crippen molar-refractivity contribution in [2.24, 2.45) is 0 Å². The third-order valence-electron chi connectivity index (χ3n) is 6.03. The van der Waals surface area contributed by atoms with E-state index in [1.165, 1.54) is 0 Å². The molecule has 2 aliphatic heterocycles. The Morgan fingerprint density at radius 1 is 1.12 bits per heavy atom. The fourth-order valence-corrected chi connectivity index (χ4v) is 4.50. The van der Waals surface area contributed by atoms with E-state index in [1.54, 1.807) is 24.0 Å². The number of benzene rings is 1. The van der Waals surface area contributed by atoms with E-state index in [9.17, 15) is 14.4 Å². The minimum Gasteiger partial charge on any atom is -0.463 e. The van der Waals surface area contributed by atoms with Gasteiger partial charge in [0.15, 0.2) is 0 Å². The van der Waals surface area contributed by atoms with Gasteiger partial charge in [0.25, 0.3) is 0 Å². The first-order chi connectivity index (χ1) is 16.4. The number of rotatable bonds is 7. The van der Waals surface area contributed by atoms with Crippen LogP contribution >= 0.6 is 11.6 Å². The zero-order valence-corrected chi connectivity index (χ0v) is 20.9. The molecule has 0 saturated carbocycles. The van der Waals surface area contributed by atoms with Gasteiger partial charge in [0.2, 0.25) is 0 Å². The van der Waals surface area contributed by atoms with Crippen molar-refractivity contribution in [1.29, 1.82) is 0 Å². The van der Waals surface area contributed by atoms with Crippen LogP contribution < -0.4 is 10.6 Å². The predicted octanol–water partition coefficient (Wildman–Crippen LogP) is 2.98. The van der Waals surface area contributed by atoms with Crippen molar-refractivity contribution in [1.82, 2.24) is 25.3 Å². The topological polar surface area (TPSA) is 94.2 Å². The average molecular weight is 492 g/mol. The van der Waals surface area contributed by atoms with Gasteiger partial charge in [0.1, 0.15) is 0 Å². The number of nitrogens with one attached hydrogen (secondary N) is 2. The molecule has 0 aliphatic carbocycles. The first kappa shape index (κ1) is 25.8. The van der Waals surface area contributed by atoms with Crippen LogP contribution in [0.15, 0.2) is 35.5 Å². The highest BCUT2D eigenvalue weighted by Gasteiger charge is 2.38. The zero-order chi connectivity index (χ0) is 24.7. The second kappa shape index (κ2) is 12.1. The molecule has 186 valence electrons. The summed E-state index contributed by atoms with van der Waals surface area (Å²) in [7, 11) is 0. The third-order valence-corrected chi connectivity index (χ3v) is 6.28. The van der Waals surface area contributed by atoms with E-state index in [1.807, 2.05) is 30.9 Å². The highest BCUT2D eigenvalue weighted by atomic mass is 35.5. The summed E-state index contributed by atoms with van der Waals surface area (Å²) < 4.78 is 5.42.